The summed E-state index contributed by atoms with van der Waals surface area (Å²) in [5, 5.41) is 0. The highest BCUT2D eigenvalue weighted by Gasteiger charge is 2.45. The summed E-state index contributed by atoms with van der Waals surface area (Å²) in [5.41, 5.74) is 5.75. The van der Waals surface area contributed by atoms with Crippen LogP contribution in [-0.2, 0) is 9.53 Å². The Morgan fingerprint density at radius 2 is 1.95 bits per heavy atom. The summed E-state index contributed by atoms with van der Waals surface area (Å²) >= 11 is 0. The molecule has 0 aromatic rings. The number of nitrogens with zero attached hydrogens (tertiary/aromatic N) is 1. The number of hydrogen-bond acceptors (Lipinski definition) is 3. The van der Waals surface area contributed by atoms with Crippen LogP contribution in [0.3, 0.4) is 0 Å². The minimum atomic E-state index is -0.316. The fraction of sp³-hybridized carbons (Fsp3) is 0.941. The topological polar surface area (TPSA) is 55.6 Å². The molecule has 0 aromatic carbocycles. The smallest absolute Gasteiger partial charge is 0.230 e. The Morgan fingerprint density at radius 1 is 1.33 bits per heavy atom. The van der Waals surface area contributed by atoms with Gasteiger partial charge in [-0.25, -0.2) is 0 Å². The highest BCUT2D eigenvalue weighted by molar-refractivity contribution is 5.83. The Hall–Kier alpha value is -0.610. The molecule has 0 aliphatic heterocycles. The first-order valence-electron chi connectivity index (χ1n) is 8.54. The van der Waals surface area contributed by atoms with E-state index < -0.39 is 0 Å². The predicted molar refractivity (Wildman–Crippen MR) is 84.9 cm³/mol. The van der Waals surface area contributed by atoms with Crippen LogP contribution >= 0.6 is 0 Å². The standard InChI is InChI=1S/C17H32N2O2/c1-13-6-8-17(12-18,9-7-13)16(20)19(10-11-21-3)14(2)15-4-5-15/h13-15H,4-12,18H2,1-3H3. The number of ether oxygens (including phenoxy) is 1. The van der Waals surface area contributed by atoms with Gasteiger partial charge in [0, 0.05) is 26.2 Å². The molecule has 2 fully saturated rings. The molecule has 1 unspecified atom stereocenters. The molecule has 2 aliphatic rings. The fourth-order valence-corrected chi connectivity index (χ4v) is 3.64. The first-order valence-corrected chi connectivity index (χ1v) is 8.54. The minimum absolute atomic E-state index is 0.286. The van der Waals surface area contributed by atoms with Crippen molar-refractivity contribution in [1.29, 1.82) is 0 Å². The van der Waals surface area contributed by atoms with Crippen LogP contribution in [0.2, 0.25) is 0 Å². The molecule has 2 rings (SSSR count). The van der Waals surface area contributed by atoms with Gasteiger partial charge in [-0.05, 0) is 57.3 Å². The van der Waals surface area contributed by atoms with Crippen LogP contribution in [-0.4, -0.2) is 43.7 Å². The van der Waals surface area contributed by atoms with Gasteiger partial charge in [-0.1, -0.05) is 6.92 Å². The van der Waals surface area contributed by atoms with Gasteiger partial charge < -0.3 is 15.4 Å². The van der Waals surface area contributed by atoms with Crippen LogP contribution < -0.4 is 5.73 Å². The first kappa shape index (κ1) is 16.8. The van der Waals surface area contributed by atoms with Crippen LogP contribution in [0, 0.1) is 17.3 Å². The highest BCUT2D eigenvalue weighted by Crippen LogP contribution is 2.42. The molecule has 2 saturated carbocycles. The molecule has 0 saturated heterocycles. The summed E-state index contributed by atoms with van der Waals surface area (Å²) < 4.78 is 5.22. The second kappa shape index (κ2) is 7.10. The molecule has 1 atom stereocenters. The van der Waals surface area contributed by atoms with E-state index in [1.54, 1.807) is 7.11 Å². The third-order valence-corrected chi connectivity index (χ3v) is 5.67. The quantitative estimate of drug-likeness (QED) is 0.785. The third-order valence-electron chi connectivity index (χ3n) is 5.67. The Morgan fingerprint density at radius 3 is 2.43 bits per heavy atom. The molecule has 0 spiro atoms. The lowest BCUT2D eigenvalue weighted by Crippen LogP contribution is -2.53. The zero-order valence-corrected chi connectivity index (χ0v) is 13.9. The molecule has 1 amide bonds. The molecule has 0 bridgehead atoms. The molecular formula is C17H32N2O2. The number of rotatable bonds is 7. The zero-order chi connectivity index (χ0) is 15.5. The number of nitrogens with two attached hydrogens (primary N) is 1. The van der Waals surface area contributed by atoms with Crippen molar-refractivity contribution in [3.8, 4) is 0 Å². The minimum Gasteiger partial charge on any atom is -0.383 e. The van der Waals surface area contributed by atoms with Crippen LogP contribution in [0.25, 0.3) is 0 Å². The van der Waals surface area contributed by atoms with Crippen molar-refractivity contribution in [2.45, 2.75) is 58.4 Å². The van der Waals surface area contributed by atoms with E-state index >= 15 is 0 Å². The summed E-state index contributed by atoms with van der Waals surface area (Å²) in [7, 11) is 1.70. The van der Waals surface area contributed by atoms with Gasteiger partial charge in [0.25, 0.3) is 0 Å². The average molecular weight is 296 g/mol. The molecule has 4 nitrogen and oxygen atoms in total. The van der Waals surface area contributed by atoms with Gasteiger partial charge >= 0.3 is 0 Å². The summed E-state index contributed by atoms with van der Waals surface area (Å²) in [4.78, 5) is 15.3. The van der Waals surface area contributed by atoms with E-state index in [2.05, 4.69) is 18.7 Å². The molecule has 2 N–H and O–H groups in total. The van der Waals surface area contributed by atoms with E-state index in [9.17, 15) is 4.79 Å². The molecule has 21 heavy (non-hydrogen) atoms. The molecule has 4 heteroatoms. The van der Waals surface area contributed by atoms with Crippen LogP contribution in [0.5, 0.6) is 0 Å². The van der Waals surface area contributed by atoms with Gasteiger partial charge in [-0.15, -0.1) is 0 Å². The summed E-state index contributed by atoms with van der Waals surface area (Å²) in [5.74, 6) is 1.70. The molecule has 2 aliphatic carbocycles. The molecular weight excluding hydrogens is 264 g/mol. The molecule has 0 heterocycles. The van der Waals surface area contributed by atoms with Crippen LogP contribution in [0.4, 0.5) is 0 Å². The van der Waals surface area contributed by atoms with E-state index in [4.69, 9.17) is 10.5 Å². The van der Waals surface area contributed by atoms with Crippen molar-refractivity contribution < 1.29 is 9.53 Å². The normalized spacial score (nSPS) is 31.0. The Balaban J connectivity index is 2.10. The zero-order valence-electron chi connectivity index (χ0n) is 13.9. The van der Waals surface area contributed by atoms with Gasteiger partial charge in [-0.3, -0.25) is 4.79 Å². The lowest BCUT2D eigenvalue weighted by atomic mass is 9.69. The summed E-state index contributed by atoms with van der Waals surface area (Å²) in [6.07, 6.45) is 6.65. The van der Waals surface area contributed by atoms with Gasteiger partial charge in [0.1, 0.15) is 0 Å². The van der Waals surface area contributed by atoms with Crippen LogP contribution in [0.15, 0.2) is 0 Å². The summed E-state index contributed by atoms with van der Waals surface area (Å²) in [6.45, 7) is 6.27. The lowest BCUT2D eigenvalue weighted by molar-refractivity contribution is -0.147. The second-order valence-electron chi connectivity index (χ2n) is 7.24. The van der Waals surface area contributed by atoms with E-state index in [-0.39, 0.29) is 11.3 Å². The van der Waals surface area contributed by atoms with E-state index in [1.165, 1.54) is 12.8 Å². The van der Waals surface area contributed by atoms with Crippen molar-refractivity contribution in [2.75, 3.05) is 26.8 Å². The molecule has 0 aromatic heterocycles. The largest absolute Gasteiger partial charge is 0.383 e. The Bertz CT molecular complexity index is 347. The van der Waals surface area contributed by atoms with Crippen molar-refractivity contribution in [3.05, 3.63) is 0 Å². The van der Waals surface area contributed by atoms with Gasteiger partial charge in [-0.2, -0.15) is 0 Å². The maximum absolute atomic E-state index is 13.2. The fourth-order valence-electron chi connectivity index (χ4n) is 3.64. The lowest BCUT2D eigenvalue weighted by Gasteiger charge is -2.42. The van der Waals surface area contributed by atoms with Crippen molar-refractivity contribution in [1.82, 2.24) is 4.90 Å². The first-order chi connectivity index (χ1) is 10.0. The van der Waals surface area contributed by atoms with Crippen molar-refractivity contribution >= 4 is 5.91 Å². The monoisotopic (exact) mass is 296 g/mol. The number of carbonyl (C=O) groups excluding carboxylic acids is 1. The van der Waals surface area contributed by atoms with Gasteiger partial charge in [0.05, 0.1) is 12.0 Å². The molecule has 122 valence electrons. The average Bonchev–Trinajstić information content (AvgIpc) is 3.33. The highest BCUT2D eigenvalue weighted by atomic mass is 16.5. The van der Waals surface area contributed by atoms with E-state index in [0.29, 0.717) is 31.7 Å². The van der Waals surface area contributed by atoms with Gasteiger partial charge in [0.15, 0.2) is 0 Å². The van der Waals surface area contributed by atoms with Crippen molar-refractivity contribution in [2.24, 2.45) is 23.0 Å². The van der Waals surface area contributed by atoms with E-state index in [0.717, 1.165) is 31.6 Å². The van der Waals surface area contributed by atoms with Gasteiger partial charge in [0.2, 0.25) is 5.91 Å². The van der Waals surface area contributed by atoms with Crippen molar-refractivity contribution in [3.63, 3.8) is 0 Å². The third kappa shape index (κ3) is 3.78. The predicted octanol–water partition coefficient (Wildman–Crippen LogP) is 2.42. The summed E-state index contributed by atoms with van der Waals surface area (Å²) in [6, 6.07) is 0.329. The Labute approximate surface area is 129 Å². The number of hydrogen-bond donors (Lipinski definition) is 1. The maximum atomic E-state index is 13.2. The van der Waals surface area contributed by atoms with Crippen LogP contribution in [0.1, 0.15) is 52.4 Å². The number of carbonyl (C=O) groups is 1. The number of methoxy groups -OCH3 is 1. The SMILES string of the molecule is COCCN(C(=O)C1(CN)CCC(C)CC1)C(C)C1CC1. The Kier molecular flexibility index (Phi) is 5.67. The molecule has 0 radical (unpaired) electrons. The second-order valence-corrected chi connectivity index (χ2v) is 7.24. The maximum Gasteiger partial charge on any atom is 0.230 e. The van der Waals surface area contributed by atoms with E-state index in [1.807, 2.05) is 0 Å². The number of amides is 1.